The van der Waals surface area contributed by atoms with Gasteiger partial charge >= 0.3 is 6.03 Å². The van der Waals surface area contributed by atoms with Crippen LogP contribution in [0.15, 0.2) is 29.4 Å². The van der Waals surface area contributed by atoms with Crippen LogP contribution in [-0.4, -0.2) is 38.0 Å². The SMILES string of the molecule is CC(Sc1nnc(COc2ccccc2Cl)n1C)C(=O)NC(=O)NC1CC1. The molecule has 0 radical (unpaired) electrons. The molecule has 1 unspecified atom stereocenters. The smallest absolute Gasteiger partial charge is 0.321 e. The Morgan fingerprint density at radius 1 is 1.37 bits per heavy atom. The average Bonchev–Trinajstić information content (AvgIpc) is 3.38. The van der Waals surface area contributed by atoms with Gasteiger partial charge in [0.2, 0.25) is 5.91 Å². The molecule has 2 aromatic rings. The van der Waals surface area contributed by atoms with Crippen molar-refractivity contribution in [1.29, 1.82) is 0 Å². The van der Waals surface area contributed by atoms with Gasteiger partial charge in [-0.2, -0.15) is 0 Å². The van der Waals surface area contributed by atoms with Crippen LogP contribution in [0.2, 0.25) is 5.02 Å². The fourth-order valence-corrected chi connectivity index (χ4v) is 3.18. The summed E-state index contributed by atoms with van der Waals surface area (Å²) in [5, 5.41) is 13.8. The lowest BCUT2D eigenvalue weighted by molar-refractivity contribution is -0.119. The first-order valence-corrected chi connectivity index (χ1v) is 9.73. The Hall–Kier alpha value is -2.26. The maximum atomic E-state index is 12.1. The highest BCUT2D eigenvalue weighted by Crippen LogP contribution is 2.25. The molecule has 1 saturated carbocycles. The molecule has 3 amide bonds. The maximum absolute atomic E-state index is 12.1. The van der Waals surface area contributed by atoms with E-state index in [9.17, 15) is 9.59 Å². The van der Waals surface area contributed by atoms with Crippen molar-refractivity contribution in [2.24, 2.45) is 7.05 Å². The van der Waals surface area contributed by atoms with Crippen LogP contribution in [0.4, 0.5) is 4.79 Å². The number of carbonyl (C=O) groups is 2. The fourth-order valence-electron chi connectivity index (χ4n) is 2.15. The lowest BCUT2D eigenvalue weighted by Crippen LogP contribution is -2.43. The van der Waals surface area contributed by atoms with Crippen LogP contribution in [0.5, 0.6) is 5.75 Å². The molecule has 1 aliphatic rings. The van der Waals surface area contributed by atoms with Crippen LogP contribution in [0.1, 0.15) is 25.6 Å². The predicted molar refractivity (Wildman–Crippen MR) is 102 cm³/mol. The number of halogens is 1. The molecule has 1 heterocycles. The van der Waals surface area contributed by atoms with Gasteiger partial charge in [-0.05, 0) is 31.9 Å². The van der Waals surface area contributed by atoms with E-state index in [1.54, 1.807) is 30.7 Å². The Labute approximate surface area is 166 Å². The zero-order valence-electron chi connectivity index (χ0n) is 14.9. The first-order valence-electron chi connectivity index (χ1n) is 8.47. The number of urea groups is 1. The quantitative estimate of drug-likeness (QED) is 0.682. The van der Waals surface area contributed by atoms with Crippen molar-refractivity contribution in [3.63, 3.8) is 0 Å². The van der Waals surface area contributed by atoms with E-state index in [0.29, 0.717) is 21.8 Å². The second-order valence-electron chi connectivity index (χ2n) is 6.17. The van der Waals surface area contributed by atoms with Crippen molar-refractivity contribution in [3.8, 4) is 5.75 Å². The minimum Gasteiger partial charge on any atom is -0.484 e. The third-order valence-corrected chi connectivity index (χ3v) is 5.37. The molecule has 0 bridgehead atoms. The first-order chi connectivity index (χ1) is 12.9. The second-order valence-corrected chi connectivity index (χ2v) is 7.89. The lowest BCUT2D eigenvalue weighted by atomic mass is 10.3. The van der Waals surface area contributed by atoms with Gasteiger partial charge in [0.25, 0.3) is 0 Å². The van der Waals surface area contributed by atoms with Gasteiger partial charge in [0.05, 0.1) is 10.3 Å². The summed E-state index contributed by atoms with van der Waals surface area (Å²) in [7, 11) is 1.79. The number of nitrogens with zero attached hydrogens (tertiary/aromatic N) is 3. The number of aromatic nitrogens is 3. The Kier molecular flexibility index (Phi) is 6.22. The molecule has 8 nitrogen and oxygen atoms in total. The molecule has 0 saturated heterocycles. The summed E-state index contributed by atoms with van der Waals surface area (Å²) in [6.07, 6.45) is 1.92. The highest BCUT2D eigenvalue weighted by atomic mass is 35.5. The maximum Gasteiger partial charge on any atom is 0.321 e. The van der Waals surface area contributed by atoms with Crippen LogP contribution in [0, 0.1) is 0 Å². The Morgan fingerprint density at radius 3 is 2.81 bits per heavy atom. The number of amides is 3. The van der Waals surface area contributed by atoms with Crippen molar-refractivity contribution in [1.82, 2.24) is 25.4 Å². The number of benzene rings is 1. The number of para-hydroxylation sites is 1. The van der Waals surface area contributed by atoms with Gasteiger partial charge in [0.1, 0.15) is 12.4 Å². The van der Waals surface area contributed by atoms with Crippen molar-refractivity contribution < 1.29 is 14.3 Å². The summed E-state index contributed by atoms with van der Waals surface area (Å²) >= 11 is 7.28. The summed E-state index contributed by atoms with van der Waals surface area (Å²) in [6.45, 7) is 1.90. The van der Waals surface area contributed by atoms with Gasteiger partial charge in [-0.1, -0.05) is 35.5 Å². The molecule has 1 aromatic heterocycles. The zero-order chi connectivity index (χ0) is 19.4. The van der Waals surface area contributed by atoms with Gasteiger partial charge in [-0.3, -0.25) is 10.1 Å². The van der Waals surface area contributed by atoms with Crippen LogP contribution in [0.3, 0.4) is 0 Å². The third kappa shape index (κ3) is 5.36. The van der Waals surface area contributed by atoms with E-state index in [2.05, 4.69) is 20.8 Å². The summed E-state index contributed by atoms with van der Waals surface area (Å²) in [6, 6.07) is 6.91. The fraction of sp³-hybridized carbons (Fsp3) is 0.412. The summed E-state index contributed by atoms with van der Waals surface area (Å²) < 4.78 is 7.41. The van der Waals surface area contributed by atoms with Gasteiger partial charge in [-0.25, -0.2) is 4.79 Å². The van der Waals surface area contributed by atoms with E-state index in [1.807, 2.05) is 12.1 Å². The molecule has 10 heteroatoms. The largest absolute Gasteiger partial charge is 0.484 e. The Balaban J connectivity index is 1.53. The number of hydrogen-bond acceptors (Lipinski definition) is 6. The molecule has 27 heavy (non-hydrogen) atoms. The number of ether oxygens (including phenoxy) is 1. The van der Waals surface area contributed by atoms with E-state index in [-0.39, 0.29) is 18.6 Å². The normalized spacial score (nSPS) is 14.5. The minimum atomic E-state index is -0.504. The van der Waals surface area contributed by atoms with Gasteiger partial charge in [0.15, 0.2) is 11.0 Å². The van der Waals surface area contributed by atoms with Crippen molar-refractivity contribution >= 4 is 35.3 Å². The van der Waals surface area contributed by atoms with E-state index < -0.39 is 11.3 Å². The van der Waals surface area contributed by atoms with Gasteiger partial charge in [0, 0.05) is 13.1 Å². The summed E-state index contributed by atoms with van der Waals surface area (Å²) in [5.41, 5.74) is 0. The summed E-state index contributed by atoms with van der Waals surface area (Å²) in [5.74, 6) is 0.775. The molecule has 3 rings (SSSR count). The molecular weight excluding hydrogens is 390 g/mol. The zero-order valence-corrected chi connectivity index (χ0v) is 16.5. The monoisotopic (exact) mass is 409 g/mol. The number of nitrogens with one attached hydrogen (secondary N) is 2. The molecule has 0 aliphatic heterocycles. The lowest BCUT2D eigenvalue weighted by Gasteiger charge is -2.11. The van der Waals surface area contributed by atoms with E-state index in [0.717, 1.165) is 12.8 Å². The topological polar surface area (TPSA) is 98.1 Å². The Bertz CT molecular complexity index is 840. The molecular formula is C17H20ClN5O3S. The third-order valence-electron chi connectivity index (χ3n) is 3.92. The number of hydrogen-bond donors (Lipinski definition) is 2. The van der Waals surface area contributed by atoms with Gasteiger partial charge < -0.3 is 14.6 Å². The van der Waals surface area contributed by atoms with Gasteiger partial charge in [-0.15, -0.1) is 10.2 Å². The molecule has 144 valence electrons. The minimum absolute atomic E-state index is 0.193. The molecule has 2 N–H and O–H groups in total. The van der Waals surface area contributed by atoms with Crippen LogP contribution >= 0.6 is 23.4 Å². The van der Waals surface area contributed by atoms with Crippen molar-refractivity contribution in [2.75, 3.05) is 0 Å². The highest BCUT2D eigenvalue weighted by Gasteiger charge is 2.26. The number of carbonyl (C=O) groups excluding carboxylic acids is 2. The molecule has 1 aromatic carbocycles. The second kappa shape index (κ2) is 8.62. The average molecular weight is 410 g/mol. The molecule has 0 spiro atoms. The highest BCUT2D eigenvalue weighted by molar-refractivity contribution is 8.00. The van der Waals surface area contributed by atoms with Crippen molar-refractivity contribution in [2.45, 2.75) is 42.8 Å². The molecule has 1 atom stereocenters. The number of imide groups is 1. The van der Waals surface area contributed by atoms with Crippen LogP contribution < -0.4 is 15.4 Å². The van der Waals surface area contributed by atoms with E-state index >= 15 is 0 Å². The standard InChI is InChI=1S/C17H20ClN5O3S/c1-10(15(24)20-16(25)19-11-7-8-11)27-17-22-21-14(23(17)2)9-26-13-6-4-3-5-12(13)18/h3-6,10-11H,7-9H2,1-2H3,(H2,19,20,24,25). The number of thioether (sulfide) groups is 1. The molecule has 1 aliphatic carbocycles. The Morgan fingerprint density at radius 2 is 2.11 bits per heavy atom. The van der Waals surface area contributed by atoms with Crippen LogP contribution in [-0.2, 0) is 18.4 Å². The predicted octanol–water partition coefficient (Wildman–Crippen LogP) is 2.52. The van der Waals surface area contributed by atoms with E-state index in [4.69, 9.17) is 16.3 Å². The number of rotatable bonds is 7. The van der Waals surface area contributed by atoms with E-state index in [1.165, 1.54) is 11.8 Å². The van der Waals surface area contributed by atoms with Crippen molar-refractivity contribution in [3.05, 3.63) is 35.1 Å². The summed E-state index contributed by atoms with van der Waals surface area (Å²) in [4.78, 5) is 23.8. The first kappa shape index (κ1) is 19.5. The molecule has 1 fully saturated rings. The van der Waals surface area contributed by atoms with Crippen LogP contribution in [0.25, 0.3) is 0 Å².